The molecule has 2 rings (SSSR count). The van der Waals surface area contributed by atoms with Crippen LogP contribution in [0.4, 0.5) is 0 Å². The van der Waals surface area contributed by atoms with Crippen molar-refractivity contribution in [2.45, 2.75) is 13.0 Å². The molecule has 0 saturated carbocycles. The number of rotatable bonds is 9. The smallest absolute Gasteiger partial charge is 0.234 e. The maximum Gasteiger partial charge on any atom is 0.234 e. The van der Waals surface area contributed by atoms with Crippen molar-refractivity contribution in [3.05, 3.63) is 57.6 Å². The molecule has 7 heteroatoms. The molecule has 146 valence electrons. The van der Waals surface area contributed by atoms with Gasteiger partial charge in [-0.3, -0.25) is 9.69 Å². The van der Waals surface area contributed by atoms with E-state index in [9.17, 15) is 4.79 Å². The number of benzene rings is 2. The summed E-state index contributed by atoms with van der Waals surface area (Å²) in [7, 11) is 5.08. The highest BCUT2D eigenvalue weighted by Crippen LogP contribution is 2.27. The average molecular weight is 411 g/mol. The molecule has 0 radical (unpaired) electrons. The highest BCUT2D eigenvalue weighted by molar-refractivity contribution is 6.35. The number of carbonyl (C=O) groups excluding carboxylic acids is 1. The van der Waals surface area contributed by atoms with Crippen molar-refractivity contribution in [1.82, 2.24) is 10.2 Å². The molecule has 0 spiro atoms. The van der Waals surface area contributed by atoms with E-state index in [0.717, 1.165) is 11.1 Å². The fourth-order valence-corrected chi connectivity index (χ4v) is 3.15. The van der Waals surface area contributed by atoms with E-state index in [-0.39, 0.29) is 12.5 Å². The van der Waals surface area contributed by atoms with Crippen LogP contribution in [0.3, 0.4) is 0 Å². The van der Waals surface area contributed by atoms with Crippen molar-refractivity contribution in [3.63, 3.8) is 0 Å². The number of nitrogens with zero attached hydrogens (tertiary/aromatic N) is 1. The number of amides is 1. The van der Waals surface area contributed by atoms with Gasteiger partial charge >= 0.3 is 0 Å². The number of carbonyl (C=O) groups is 1. The molecule has 0 atom stereocenters. The number of hydrogen-bond donors (Lipinski definition) is 1. The van der Waals surface area contributed by atoms with Crippen LogP contribution in [0.1, 0.15) is 11.1 Å². The number of likely N-dealkylation sites (N-methyl/N-ethyl adjacent to an activating group) is 1. The van der Waals surface area contributed by atoms with Gasteiger partial charge in [0.05, 0.1) is 20.8 Å². The van der Waals surface area contributed by atoms with Gasteiger partial charge in [0.1, 0.15) is 0 Å². The topological polar surface area (TPSA) is 50.8 Å². The Kier molecular flexibility index (Phi) is 8.23. The Bertz CT molecular complexity index is 784. The van der Waals surface area contributed by atoms with E-state index >= 15 is 0 Å². The van der Waals surface area contributed by atoms with Gasteiger partial charge in [0.2, 0.25) is 5.91 Å². The van der Waals surface area contributed by atoms with Gasteiger partial charge in [-0.05, 0) is 48.9 Å². The molecule has 5 nitrogen and oxygen atoms in total. The van der Waals surface area contributed by atoms with E-state index < -0.39 is 0 Å². The zero-order chi connectivity index (χ0) is 19.8. The molecule has 0 aliphatic rings. The minimum Gasteiger partial charge on any atom is -0.493 e. The van der Waals surface area contributed by atoms with Gasteiger partial charge in [0, 0.05) is 23.1 Å². The fraction of sp³-hybridized carbons (Fsp3) is 0.350. The highest BCUT2D eigenvalue weighted by atomic mass is 35.5. The first-order valence-corrected chi connectivity index (χ1v) is 9.28. The summed E-state index contributed by atoms with van der Waals surface area (Å²) < 4.78 is 10.5. The molecule has 27 heavy (non-hydrogen) atoms. The van der Waals surface area contributed by atoms with Gasteiger partial charge in [-0.15, -0.1) is 0 Å². The summed E-state index contributed by atoms with van der Waals surface area (Å²) in [5.74, 6) is 1.33. The highest BCUT2D eigenvalue weighted by Gasteiger charge is 2.10. The molecule has 1 amide bonds. The van der Waals surface area contributed by atoms with Crippen LogP contribution in [0.2, 0.25) is 10.0 Å². The molecule has 0 bridgehead atoms. The first-order chi connectivity index (χ1) is 12.9. The standard InChI is InChI=1S/C20H24Cl2N2O3/c1-24(12-15-5-6-16(21)11-17(15)22)13-20(25)23-9-8-14-4-7-18(26-2)19(10-14)27-3/h4-7,10-11H,8-9,12-13H2,1-3H3,(H,23,25). The Hall–Kier alpha value is -1.95. The van der Waals surface area contributed by atoms with E-state index in [2.05, 4.69) is 5.32 Å². The molecular formula is C20H24Cl2N2O3. The summed E-state index contributed by atoms with van der Waals surface area (Å²) in [4.78, 5) is 14.0. The first-order valence-electron chi connectivity index (χ1n) is 8.53. The van der Waals surface area contributed by atoms with Crippen LogP contribution in [-0.4, -0.2) is 45.2 Å². The van der Waals surface area contributed by atoms with Crippen LogP contribution in [-0.2, 0) is 17.8 Å². The van der Waals surface area contributed by atoms with E-state index in [1.165, 1.54) is 0 Å². The third kappa shape index (κ3) is 6.61. The van der Waals surface area contributed by atoms with Crippen molar-refractivity contribution in [2.24, 2.45) is 0 Å². The molecule has 2 aromatic carbocycles. The minimum absolute atomic E-state index is 0.0388. The molecule has 2 aromatic rings. The molecule has 0 saturated heterocycles. The molecule has 0 aromatic heterocycles. The number of hydrogen-bond acceptors (Lipinski definition) is 4. The fourth-order valence-electron chi connectivity index (χ4n) is 2.68. The van der Waals surface area contributed by atoms with Gasteiger partial charge in [-0.1, -0.05) is 35.3 Å². The number of halogens is 2. The lowest BCUT2D eigenvalue weighted by Crippen LogP contribution is -2.35. The van der Waals surface area contributed by atoms with Crippen LogP contribution in [0.15, 0.2) is 36.4 Å². The molecule has 0 fully saturated rings. The molecule has 0 unspecified atom stereocenters. The van der Waals surface area contributed by atoms with Crippen molar-refractivity contribution in [3.8, 4) is 11.5 Å². The van der Waals surface area contributed by atoms with Crippen LogP contribution < -0.4 is 14.8 Å². The summed E-state index contributed by atoms with van der Waals surface area (Å²) in [5.41, 5.74) is 2.00. The van der Waals surface area contributed by atoms with Gasteiger partial charge in [-0.2, -0.15) is 0 Å². The van der Waals surface area contributed by atoms with Crippen LogP contribution in [0.5, 0.6) is 11.5 Å². The first kappa shape index (κ1) is 21.4. The second-order valence-corrected chi connectivity index (χ2v) is 7.04. The SMILES string of the molecule is COc1ccc(CCNC(=O)CN(C)Cc2ccc(Cl)cc2Cl)cc1OC. The molecule has 0 aliphatic heterocycles. The lowest BCUT2D eigenvalue weighted by atomic mass is 10.1. The third-order valence-electron chi connectivity index (χ3n) is 4.05. The van der Waals surface area contributed by atoms with Gasteiger partial charge in [0.15, 0.2) is 11.5 Å². The second kappa shape index (κ2) is 10.4. The van der Waals surface area contributed by atoms with E-state index in [1.54, 1.807) is 26.4 Å². The predicted octanol–water partition coefficient (Wildman–Crippen LogP) is 3.80. The molecule has 0 heterocycles. The normalized spacial score (nSPS) is 10.7. The Morgan fingerprint density at radius 3 is 2.48 bits per heavy atom. The Balaban J connectivity index is 1.78. The summed E-state index contributed by atoms with van der Waals surface area (Å²) in [5, 5.41) is 4.13. The van der Waals surface area contributed by atoms with E-state index in [4.69, 9.17) is 32.7 Å². The summed E-state index contributed by atoms with van der Waals surface area (Å²) in [6.07, 6.45) is 0.707. The van der Waals surface area contributed by atoms with Crippen LogP contribution in [0.25, 0.3) is 0 Å². The Labute approximate surface area is 170 Å². The zero-order valence-electron chi connectivity index (χ0n) is 15.7. The van der Waals surface area contributed by atoms with Crippen molar-refractivity contribution < 1.29 is 14.3 Å². The predicted molar refractivity (Wildman–Crippen MR) is 109 cm³/mol. The quantitative estimate of drug-likeness (QED) is 0.682. The maximum absolute atomic E-state index is 12.1. The van der Waals surface area contributed by atoms with Gasteiger partial charge < -0.3 is 14.8 Å². The van der Waals surface area contributed by atoms with Crippen molar-refractivity contribution >= 4 is 29.1 Å². The average Bonchev–Trinajstić information content (AvgIpc) is 2.63. The van der Waals surface area contributed by atoms with Crippen molar-refractivity contribution in [2.75, 3.05) is 34.4 Å². The van der Waals surface area contributed by atoms with Gasteiger partial charge in [0.25, 0.3) is 0 Å². The lowest BCUT2D eigenvalue weighted by molar-refractivity contribution is -0.122. The number of methoxy groups -OCH3 is 2. The lowest BCUT2D eigenvalue weighted by Gasteiger charge is -2.17. The summed E-state index contributed by atoms with van der Waals surface area (Å²) in [6, 6.07) is 11.1. The van der Waals surface area contributed by atoms with Crippen LogP contribution >= 0.6 is 23.2 Å². The van der Waals surface area contributed by atoms with Crippen molar-refractivity contribution in [1.29, 1.82) is 0 Å². The number of ether oxygens (including phenoxy) is 2. The Morgan fingerprint density at radius 1 is 1.07 bits per heavy atom. The summed E-state index contributed by atoms with van der Waals surface area (Å²) >= 11 is 12.1. The van der Waals surface area contributed by atoms with E-state index in [0.29, 0.717) is 41.1 Å². The molecule has 1 N–H and O–H groups in total. The summed E-state index contributed by atoms with van der Waals surface area (Å²) in [6.45, 7) is 1.40. The Morgan fingerprint density at radius 2 is 1.81 bits per heavy atom. The monoisotopic (exact) mass is 410 g/mol. The van der Waals surface area contributed by atoms with Gasteiger partial charge in [-0.25, -0.2) is 0 Å². The molecule has 0 aliphatic carbocycles. The second-order valence-electron chi connectivity index (χ2n) is 6.20. The molecular weight excluding hydrogens is 387 g/mol. The number of nitrogens with one attached hydrogen (secondary N) is 1. The largest absolute Gasteiger partial charge is 0.493 e. The van der Waals surface area contributed by atoms with E-state index in [1.807, 2.05) is 36.2 Å². The minimum atomic E-state index is -0.0388. The zero-order valence-corrected chi connectivity index (χ0v) is 17.2. The van der Waals surface area contributed by atoms with Crippen LogP contribution in [0, 0.1) is 0 Å². The maximum atomic E-state index is 12.1. The third-order valence-corrected chi connectivity index (χ3v) is 4.64.